The molecule has 0 bridgehead atoms. The maximum atomic E-state index is 12.6. The van der Waals surface area contributed by atoms with Gasteiger partial charge in [0.1, 0.15) is 0 Å². The summed E-state index contributed by atoms with van der Waals surface area (Å²) in [5.41, 5.74) is 0. The number of rotatable bonds is 6. The van der Waals surface area contributed by atoms with Crippen molar-refractivity contribution in [2.45, 2.75) is 51.5 Å². The van der Waals surface area contributed by atoms with Gasteiger partial charge in [0, 0.05) is 32.2 Å². The third-order valence-electron chi connectivity index (χ3n) is 5.35. The number of piperidine rings is 1. The molecule has 0 aromatic heterocycles. The number of amides is 1. The van der Waals surface area contributed by atoms with E-state index in [0.29, 0.717) is 18.5 Å². The Kier molecular flexibility index (Phi) is 5.17. The summed E-state index contributed by atoms with van der Waals surface area (Å²) in [6.45, 7) is 8.23. The molecule has 4 heteroatoms. The van der Waals surface area contributed by atoms with Crippen molar-refractivity contribution in [1.82, 2.24) is 15.1 Å². The van der Waals surface area contributed by atoms with E-state index in [4.69, 9.17) is 0 Å². The average Bonchev–Trinajstić information content (AvgIpc) is 3.13. The maximum Gasteiger partial charge on any atom is 0.236 e. The summed E-state index contributed by atoms with van der Waals surface area (Å²) < 4.78 is 0. The van der Waals surface area contributed by atoms with Gasteiger partial charge in [0.2, 0.25) is 5.91 Å². The minimum absolute atomic E-state index is 0.362. The van der Waals surface area contributed by atoms with Gasteiger partial charge < -0.3 is 10.2 Å². The van der Waals surface area contributed by atoms with Gasteiger partial charge in [0.15, 0.2) is 0 Å². The van der Waals surface area contributed by atoms with E-state index in [1.54, 1.807) is 0 Å². The highest BCUT2D eigenvalue weighted by Crippen LogP contribution is 2.30. The second-order valence-electron chi connectivity index (χ2n) is 7.49. The Morgan fingerprint density at radius 3 is 2.52 bits per heavy atom. The zero-order valence-corrected chi connectivity index (χ0v) is 13.5. The van der Waals surface area contributed by atoms with Gasteiger partial charge in [-0.3, -0.25) is 9.69 Å². The van der Waals surface area contributed by atoms with E-state index in [9.17, 15) is 4.79 Å². The minimum Gasteiger partial charge on any atom is -0.342 e. The monoisotopic (exact) mass is 293 g/mol. The van der Waals surface area contributed by atoms with Crippen LogP contribution in [-0.4, -0.2) is 61.0 Å². The molecule has 0 aromatic carbocycles. The fraction of sp³-hybridized carbons (Fsp3) is 0.941. The SMILES string of the molecule is CC1CCN(C(=O)CN(CC2CC2)CC2CCCN2)CC1. The first-order chi connectivity index (χ1) is 10.2. The molecule has 3 fully saturated rings. The van der Waals surface area contributed by atoms with Crippen LogP contribution in [0.25, 0.3) is 0 Å². The van der Waals surface area contributed by atoms with Crippen molar-refractivity contribution < 1.29 is 4.79 Å². The van der Waals surface area contributed by atoms with Crippen LogP contribution in [0.1, 0.15) is 45.4 Å². The van der Waals surface area contributed by atoms with E-state index >= 15 is 0 Å². The number of nitrogens with zero attached hydrogens (tertiary/aromatic N) is 2. The average molecular weight is 293 g/mol. The van der Waals surface area contributed by atoms with E-state index < -0.39 is 0 Å². The van der Waals surface area contributed by atoms with Crippen LogP contribution in [0.3, 0.4) is 0 Å². The molecule has 2 heterocycles. The van der Waals surface area contributed by atoms with Crippen LogP contribution in [0.4, 0.5) is 0 Å². The van der Waals surface area contributed by atoms with Crippen molar-refractivity contribution >= 4 is 5.91 Å². The third kappa shape index (κ3) is 4.68. The normalized spacial score (nSPS) is 27.5. The Balaban J connectivity index is 1.48. The van der Waals surface area contributed by atoms with Gasteiger partial charge in [-0.25, -0.2) is 0 Å². The maximum absolute atomic E-state index is 12.6. The fourth-order valence-corrected chi connectivity index (χ4v) is 3.64. The zero-order valence-electron chi connectivity index (χ0n) is 13.5. The van der Waals surface area contributed by atoms with Gasteiger partial charge in [0.25, 0.3) is 0 Å². The van der Waals surface area contributed by atoms with E-state index in [1.807, 2.05) is 0 Å². The molecule has 0 spiro atoms. The predicted molar refractivity (Wildman–Crippen MR) is 85.2 cm³/mol. The van der Waals surface area contributed by atoms with Gasteiger partial charge in [0.05, 0.1) is 6.54 Å². The Morgan fingerprint density at radius 2 is 1.90 bits per heavy atom. The molecule has 120 valence electrons. The van der Waals surface area contributed by atoms with Crippen LogP contribution in [-0.2, 0) is 4.79 Å². The molecule has 1 aliphatic carbocycles. The van der Waals surface area contributed by atoms with Gasteiger partial charge in [-0.15, -0.1) is 0 Å². The van der Waals surface area contributed by atoms with Crippen molar-refractivity contribution in [3.05, 3.63) is 0 Å². The van der Waals surface area contributed by atoms with Crippen LogP contribution in [0.5, 0.6) is 0 Å². The molecule has 21 heavy (non-hydrogen) atoms. The molecular formula is C17H31N3O. The number of carbonyl (C=O) groups is 1. The lowest BCUT2D eigenvalue weighted by atomic mass is 9.99. The molecule has 1 amide bonds. The smallest absolute Gasteiger partial charge is 0.236 e. The van der Waals surface area contributed by atoms with Crippen molar-refractivity contribution in [2.24, 2.45) is 11.8 Å². The molecule has 3 rings (SSSR count). The fourth-order valence-electron chi connectivity index (χ4n) is 3.64. The molecular weight excluding hydrogens is 262 g/mol. The first kappa shape index (κ1) is 15.3. The molecule has 0 aromatic rings. The van der Waals surface area contributed by atoms with E-state index in [0.717, 1.165) is 44.6 Å². The van der Waals surface area contributed by atoms with Crippen LogP contribution in [0.2, 0.25) is 0 Å². The predicted octanol–water partition coefficient (Wildman–Crippen LogP) is 1.71. The Hall–Kier alpha value is -0.610. The molecule has 1 atom stereocenters. The number of hydrogen-bond acceptors (Lipinski definition) is 3. The molecule has 2 aliphatic heterocycles. The van der Waals surface area contributed by atoms with Crippen molar-refractivity contribution in [2.75, 3.05) is 39.3 Å². The van der Waals surface area contributed by atoms with Gasteiger partial charge >= 0.3 is 0 Å². The second kappa shape index (κ2) is 7.10. The van der Waals surface area contributed by atoms with E-state index in [2.05, 4.69) is 22.0 Å². The van der Waals surface area contributed by atoms with Gasteiger partial charge in [-0.05, 0) is 56.9 Å². The molecule has 0 radical (unpaired) electrons. The standard InChI is InChI=1S/C17H31N3O/c1-14-6-9-20(10-7-14)17(21)13-19(11-15-4-5-15)12-16-3-2-8-18-16/h14-16,18H,2-13H2,1H3. The third-order valence-corrected chi connectivity index (χ3v) is 5.35. The van der Waals surface area contributed by atoms with Gasteiger partial charge in [-0.2, -0.15) is 0 Å². The summed E-state index contributed by atoms with van der Waals surface area (Å²) in [5, 5.41) is 3.57. The van der Waals surface area contributed by atoms with E-state index in [-0.39, 0.29) is 0 Å². The first-order valence-corrected chi connectivity index (χ1v) is 8.94. The summed E-state index contributed by atoms with van der Waals surface area (Å²) in [6, 6.07) is 0.609. The number of carbonyl (C=O) groups excluding carboxylic acids is 1. The van der Waals surface area contributed by atoms with Crippen LogP contribution < -0.4 is 5.32 Å². The van der Waals surface area contributed by atoms with E-state index in [1.165, 1.54) is 38.5 Å². The highest BCUT2D eigenvalue weighted by atomic mass is 16.2. The Bertz CT molecular complexity index is 342. The number of likely N-dealkylation sites (tertiary alicyclic amines) is 1. The highest BCUT2D eigenvalue weighted by Gasteiger charge is 2.29. The molecule has 1 saturated carbocycles. The lowest BCUT2D eigenvalue weighted by Crippen LogP contribution is -2.47. The first-order valence-electron chi connectivity index (χ1n) is 8.94. The van der Waals surface area contributed by atoms with Crippen LogP contribution >= 0.6 is 0 Å². The Morgan fingerprint density at radius 1 is 1.14 bits per heavy atom. The quantitative estimate of drug-likeness (QED) is 0.810. The van der Waals surface area contributed by atoms with Crippen molar-refractivity contribution in [3.63, 3.8) is 0 Å². The van der Waals surface area contributed by atoms with Gasteiger partial charge in [-0.1, -0.05) is 6.92 Å². The van der Waals surface area contributed by atoms with Crippen molar-refractivity contribution in [3.8, 4) is 0 Å². The Labute approximate surface area is 129 Å². The molecule has 1 N–H and O–H groups in total. The lowest BCUT2D eigenvalue weighted by molar-refractivity contribution is -0.133. The molecule has 3 aliphatic rings. The zero-order chi connectivity index (χ0) is 14.7. The topological polar surface area (TPSA) is 35.6 Å². The summed E-state index contributed by atoms with van der Waals surface area (Å²) in [6.07, 6.45) is 7.65. The highest BCUT2D eigenvalue weighted by molar-refractivity contribution is 5.78. The lowest BCUT2D eigenvalue weighted by Gasteiger charge is -2.33. The van der Waals surface area contributed by atoms with Crippen LogP contribution in [0.15, 0.2) is 0 Å². The molecule has 2 saturated heterocycles. The number of hydrogen-bond donors (Lipinski definition) is 1. The summed E-state index contributed by atoms with van der Waals surface area (Å²) in [5.74, 6) is 2.01. The largest absolute Gasteiger partial charge is 0.342 e. The molecule has 1 unspecified atom stereocenters. The molecule has 4 nitrogen and oxygen atoms in total. The second-order valence-corrected chi connectivity index (χ2v) is 7.49. The van der Waals surface area contributed by atoms with Crippen LogP contribution in [0, 0.1) is 11.8 Å². The summed E-state index contributed by atoms with van der Waals surface area (Å²) in [4.78, 5) is 17.1. The summed E-state index contributed by atoms with van der Waals surface area (Å²) >= 11 is 0. The number of nitrogens with one attached hydrogen (secondary N) is 1. The van der Waals surface area contributed by atoms with Crippen molar-refractivity contribution in [1.29, 1.82) is 0 Å². The summed E-state index contributed by atoms with van der Waals surface area (Å²) in [7, 11) is 0. The minimum atomic E-state index is 0.362.